The smallest absolute Gasteiger partial charge is 0.224 e. The van der Waals surface area contributed by atoms with Gasteiger partial charge < -0.3 is 20.5 Å². The Balaban J connectivity index is 0. The molecule has 0 fully saturated rings. The normalized spacial score (nSPS) is 9.59. The fraction of sp³-hybridized carbons (Fsp3) is 0.429. The quantitative estimate of drug-likeness (QED) is 0.268. The zero-order valence-electron chi connectivity index (χ0n) is 27.3. The molecule has 0 spiro atoms. The summed E-state index contributed by atoms with van der Waals surface area (Å²) in [5, 5.41) is 4.01. The van der Waals surface area contributed by atoms with E-state index in [0.717, 1.165) is 45.5 Å². The van der Waals surface area contributed by atoms with Crippen LogP contribution in [0.5, 0.6) is 11.5 Å². The largest absolute Gasteiger partial charge is 0.496 e. The average molecular weight is 564 g/mol. The van der Waals surface area contributed by atoms with Crippen molar-refractivity contribution in [2.24, 2.45) is 5.73 Å². The number of nitrogens with one attached hydrogen (secondary N) is 1. The number of aromatic nitrogens is 1. The molecule has 226 valence electrons. The lowest BCUT2D eigenvalue weighted by atomic mass is 9.81. The van der Waals surface area contributed by atoms with Gasteiger partial charge in [-0.3, -0.25) is 9.78 Å². The van der Waals surface area contributed by atoms with Gasteiger partial charge in [0, 0.05) is 17.4 Å². The van der Waals surface area contributed by atoms with Crippen molar-refractivity contribution in [3.63, 3.8) is 0 Å². The Hall–Kier alpha value is -3.98. The number of carbonyl (C=O) groups excluding carboxylic acids is 1. The maximum absolute atomic E-state index is 12.7. The number of benzene rings is 2. The summed E-state index contributed by atoms with van der Waals surface area (Å²) >= 11 is 0. The number of ether oxygens (including phenoxy) is 2. The fourth-order valence-electron chi connectivity index (χ4n) is 3.65. The van der Waals surface area contributed by atoms with Crippen LogP contribution in [0.4, 0.5) is 5.69 Å². The van der Waals surface area contributed by atoms with Gasteiger partial charge in [-0.25, -0.2) is 0 Å². The molecule has 6 heteroatoms. The number of nitrogens with zero attached hydrogens (tertiary/aromatic N) is 1. The van der Waals surface area contributed by atoms with Crippen LogP contribution in [-0.4, -0.2) is 25.1 Å². The number of allylic oxidation sites excluding steroid dienone is 1. The topological polar surface area (TPSA) is 86.5 Å². The molecule has 6 nitrogen and oxygen atoms in total. The Morgan fingerprint density at radius 3 is 2.02 bits per heavy atom. The van der Waals surface area contributed by atoms with Gasteiger partial charge in [0.25, 0.3) is 0 Å². The zero-order chi connectivity index (χ0) is 32.2. The molecule has 0 aliphatic heterocycles. The number of nitrogens with two attached hydrogens (primary N) is 1. The van der Waals surface area contributed by atoms with E-state index in [1.807, 2.05) is 58.9 Å². The SMILES string of the molecule is C#C.C=C(C)N.CC.CC.CCC(C)(C)c1cc(OC)c(CCC(=O)Nc2cnc3cccc(C)c3c2)c(OC)c1. The van der Waals surface area contributed by atoms with E-state index in [4.69, 9.17) is 15.2 Å². The highest BCUT2D eigenvalue weighted by Gasteiger charge is 2.23. The summed E-state index contributed by atoms with van der Waals surface area (Å²) in [4.78, 5) is 17.1. The number of fused-ring (bicyclic) bond motifs is 1. The molecule has 1 aromatic heterocycles. The first kappa shape index (κ1) is 39.2. The molecular weight excluding hydrogens is 510 g/mol. The van der Waals surface area contributed by atoms with E-state index in [9.17, 15) is 4.79 Å². The van der Waals surface area contributed by atoms with Crippen LogP contribution < -0.4 is 20.5 Å². The molecule has 0 radical (unpaired) electrons. The van der Waals surface area contributed by atoms with E-state index < -0.39 is 0 Å². The lowest BCUT2D eigenvalue weighted by molar-refractivity contribution is -0.116. The van der Waals surface area contributed by atoms with Gasteiger partial charge in [-0.1, -0.05) is 67.2 Å². The lowest BCUT2D eigenvalue weighted by Gasteiger charge is -2.26. The second-order valence-corrected chi connectivity index (χ2v) is 9.36. The molecule has 3 N–H and O–H groups in total. The van der Waals surface area contributed by atoms with Crippen LogP contribution in [0.2, 0.25) is 0 Å². The molecule has 3 aromatic rings. The van der Waals surface area contributed by atoms with E-state index >= 15 is 0 Å². The van der Waals surface area contributed by atoms with Crippen molar-refractivity contribution in [3.05, 3.63) is 71.6 Å². The summed E-state index contributed by atoms with van der Waals surface area (Å²) < 4.78 is 11.3. The van der Waals surface area contributed by atoms with Gasteiger partial charge in [-0.05, 0) is 73.2 Å². The van der Waals surface area contributed by atoms with Crippen LogP contribution in [-0.2, 0) is 16.6 Å². The van der Waals surface area contributed by atoms with Crippen LogP contribution in [0.1, 0.15) is 84.9 Å². The standard InChI is InChI=1S/C26H32N2O3.C3H7N.2C2H6.C2H2/c1-7-26(3,4)18-13-23(30-5)20(24(14-18)31-6)11-12-25(29)28-19-15-21-17(2)9-8-10-22(21)27-16-19;1-3(2)4;3*1-2/h8-10,13-16H,7,11-12H2,1-6H3,(H,28,29);1,4H2,2H3;2*1-2H3;1-2H. The molecule has 1 amide bonds. The zero-order valence-corrected chi connectivity index (χ0v) is 27.3. The van der Waals surface area contributed by atoms with Crippen LogP contribution in [0.15, 0.2) is 54.9 Å². The van der Waals surface area contributed by atoms with Crippen LogP contribution in [0, 0.1) is 19.8 Å². The molecule has 0 aliphatic carbocycles. The molecule has 0 bridgehead atoms. The molecular formula is C35H53N3O3. The number of pyridine rings is 1. The first-order valence-corrected chi connectivity index (χ1v) is 14.2. The van der Waals surface area contributed by atoms with Gasteiger partial charge in [0.2, 0.25) is 5.91 Å². The van der Waals surface area contributed by atoms with Gasteiger partial charge >= 0.3 is 0 Å². The molecule has 41 heavy (non-hydrogen) atoms. The van der Waals surface area contributed by atoms with E-state index in [0.29, 0.717) is 24.2 Å². The Labute approximate surface area is 249 Å². The summed E-state index contributed by atoms with van der Waals surface area (Å²) in [5.74, 6) is 1.44. The molecule has 0 atom stereocenters. The predicted molar refractivity (Wildman–Crippen MR) is 178 cm³/mol. The number of anilines is 1. The fourth-order valence-corrected chi connectivity index (χ4v) is 3.65. The van der Waals surface area contributed by atoms with E-state index in [1.165, 1.54) is 0 Å². The maximum atomic E-state index is 12.7. The highest BCUT2D eigenvalue weighted by molar-refractivity contribution is 5.93. The predicted octanol–water partition coefficient (Wildman–Crippen LogP) is 8.60. The molecule has 0 aliphatic rings. The van der Waals surface area contributed by atoms with Crippen molar-refractivity contribution in [1.29, 1.82) is 0 Å². The Morgan fingerprint density at radius 2 is 1.56 bits per heavy atom. The first-order valence-electron chi connectivity index (χ1n) is 14.2. The number of rotatable bonds is 8. The van der Waals surface area contributed by atoms with Crippen LogP contribution >= 0.6 is 0 Å². The number of amides is 1. The molecule has 0 saturated heterocycles. The summed E-state index contributed by atoms with van der Waals surface area (Å²) in [6, 6.07) is 12.1. The highest BCUT2D eigenvalue weighted by Crippen LogP contribution is 2.37. The van der Waals surface area contributed by atoms with Crippen LogP contribution in [0.25, 0.3) is 10.9 Å². The second-order valence-electron chi connectivity index (χ2n) is 9.36. The molecule has 0 saturated carbocycles. The van der Waals surface area contributed by atoms with Crippen molar-refractivity contribution >= 4 is 22.5 Å². The minimum atomic E-state index is -0.0724. The first-order chi connectivity index (χ1) is 19.5. The number of terminal acetylenes is 1. The summed E-state index contributed by atoms with van der Waals surface area (Å²) in [6.07, 6.45) is 11.5. The van der Waals surface area contributed by atoms with Crippen LogP contribution in [0.3, 0.4) is 0 Å². The van der Waals surface area contributed by atoms with Gasteiger partial charge in [0.1, 0.15) is 11.5 Å². The van der Waals surface area contributed by atoms with E-state index in [1.54, 1.807) is 27.3 Å². The van der Waals surface area contributed by atoms with Crippen molar-refractivity contribution in [3.8, 4) is 24.3 Å². The minimum Gasteiger partial charge on any atom is -0.496 e. The summed E-state index contributed by atoms with van der Waals surface area (Å²) in [5.41, 5.74) is 10.4. The highest BCUT2D eigenvalue weighted by atomic mass is 16.5. The average Bonchev–Trinajstić information content (AvgIpc) is 2.98. The monoisotopic (exact) mass is 563 g/mol. The maximum Gasteiger partial charge on any atom is 0.224 e. The number of methoxy groups -OCH3 is 2. The van der Waals surface area contributed by atoms with E-state index in [-0.39, 0.29) is 11.3 Å². The summed E-state index contributed by atoms with van der Waals surface area (Å²) in [6.45, 7) is 21.7. The van der Waals surface area contributed by atoms with E-state index in [2.05, 4.69) is 62.6 Å². The van der Waals surface area contributed by atoms with Crippen molar-refractivity contribution < 1.29 is 14.3 Å². The van der Waals surface area contributed by atoms with Gasteiger partial charge in [0.15, 0.2) is 0 Å². The third kappa shape index (κ3) is 12.8. The molecule has 1 heterocycles. The Bertz CT molecular complexity index is 1200. The Kier molecular flexibility index (Phi) is 19.9. The number of aryl methyl sites for hydroxylation is 1. The Morgan fingerprint density at radius 1 is 1.05 bits per heavy atom. The number of carbonyl (C=O) groups is 1. The lowest BCUT2D eigenvalue weighted by Crippen LogP contribution is -2.17. The number of hydrogen-bond donors (Lipinski definition) is 2. The van der Waals surface area contributed by atoms with Crippen molar-refractivity contribution in [2.75, 3.05) is 19.5 Å². The number of hydrogen-bond acceptors (Lipinski definition) is 5. The molecule has 2 aromatic carbocycles. The van der Waals surface area contributed by atoms with Gasteiger partial charge in [-0.15, -0.1) is 12.8 Å². The third-order valence-corrected chi connectivity index (χ3v) is 6.10. The molecule has 3 rings (SSSR count). The second kappa shape index (κ2) is 20.9. The summed E-state index contributed by atoms with van der Waals surface area (Å²) in [7, 11) is 3.31. The third-order valence-electron chi connectivity index (χ3n) is 6.10. The van der Waals surface area contributed by atoms with Crippen molar-refractivity contribution in [2.45, 2.75) is 87.0 Å². The van der Waals surface area contributed by atoms with Gasteiger partial charge in [-0.2, -0.15) is 0 Å². The minimum absolute atomic E-state index is 0.0116. The van der Waals surface area contributed by atoms with Crippen molar-refractivity contribution in [1.82, 2.24) is 4.98 Å². The molecule has 0 unspecified atom stereocenters. The van der Waals surface area contributed by atoms with Gasteiger partial charge in [0.05, 0.1) is 31.6 Å².